The Kier molecular flexibility index (Phi) is 8.16. The second kappa shape index (κ2) is 11.1. The molecule has 2 aromatic carbocycles. The van der Waals surface area contributed by atoms with Crippen LogP contribution in [0.5, 0.6) is 5.75 Å². The van der Waals surface area contributed by atoms with E-state index in [1.807, 2.05) is 6.07 Å². The maximum Gasteiger partial charge on any atom is 0.259 e. The van der Waals surface area contributed by atoms with Crippen molar-refractivity contribution in [2.75, 3.05) is 33.8 Å². The van der Waals surface area contributed by atoms with E-state index in [0.29, 0.717) is 11.8 Å². The number of nitrogens with one attached hydrogen (secondary N) is 1. The van der Waals surface area contributed by atoms with Gasteiger partial charge in [0.05, 0.1) is 13.4 Å². The molecule has 5 rings (SSSR count). The second-order valence-corrected chi connectivity index (χ2v) is 11.5. The van der Waals surface area contributed by atoms with Crippen molar-refractivity contribution in [2.45, 2.75) is 30.2 Å². The van der Waals surface area contributed by atoms with Gasteiger partial charge in [0.2, 0.25) is 0 Å². The lowest BCUT2D eigenvalue weighted by Gasteiger charge is -2.35. The van der Waals surface area contributed by atoms with Gasteiger partial charge in [0.1, 0.15) is 5.75 Å². The van der Waals surface area contributed by atoms with Gasteiger partial charge in [0.15, 0.2) is 5.03 Å². The van der Waals surface area contributed by atoms with Gasteiger partial charge in [-0.15, -0.1) is 0 Å². The number of hydrogen-bond acceptors (Lipinski definition) is 5. The van der Waals surface area contributed by atoms with E-state index in [2.05, 4.69) is 51.0 Å². The highest BCUT2D eigenvalue weighted by atomic mass is 35.5. The van der Waals surface area contributed by atoms with E-state index in [0.717, 1.165) is 17.2 Å². The number of ether oxygens (including phenoxy) is 1. The zero-order valence-corrected chi connectivity index (χ0v) is 22.0. The summed E-state index contributed by atoms with van der Waals surface area (Å²) in [6, 6.07) is 14.9. The molecule has 0 spiro atoms. The summed E-state index contributed by atoms with van der Waals surface area (Å²) >= 11 is 6.20. The van der Waals surface area contributed by atoms with Crippen LogP contribution >= 0.6 is 11.6 Å². The quantitative estimate of drug-likeness (QED) is 0.515. The molecule has 0 saturated carbocycles. The van der Waals surface area contributed by atoms with E-state index < -0.39 is 10.0 Å². The maximum absolute atomic E-state index is 11.0. The van der Waals surface area contributed by atoms with Gasteiger partial charge in [0, 0.05) is 24.8 Å². The average molecular weight is 517 g/mol. The molecule has 2 atom stereocenters. The van der Waals surface area contributed by atoms with E-state index in [-0.39, 0.29) is 5.03 Å². The number of hydrogen-bond donors (Lipinski definition) is 1. The predicted octanol–water partition coefficient (Wildman–Crippen LogP) is 3.88. The minimum Gasteiger partial charge on any atom is -0.497 e. The van der Waals surface area contributed by atoms with Gasteiger partial charge >= 0.3 is 0 Å². The van der Waals surface area contributed by atoms with E-state index in [9.17, 15) is 8.42 Å². The third-order valence-electron chi connectivity index (χ3n) is 6.81. The van der Waals surface area contributed by atoms with Crippen LogP contribution in [0, 0.1) is 5.92 Å². The molecule has 2 aliphatic rings. The Morgan fingerprint density at radius 3 is 2.60 bits per heavy atom. The molecule has 2 heterocycles. The molecule has 35 heavy (non-hydrogen) atoms. The van der Waals surface area contributed by atoms with Gasteiger partial charge in [-0.2, -0.15) is 0 Å². The summed E-state index contributed by atoms with van der Waals surface area (Å²) in [5, 5.41) is 0.873. The van der Waals surface area contributed by atoms with Crippen LogP contribution in [-0.4, -0.2) is 56.7 Å². The second-order valence-electron chi connectivity index (χ2n) is 9.21. The molecule has 1 N–H and O–H groups in total. The highest BCUT2D eigenvalue weighted by Crippen LogP contribution is 2.42. The van der Waals surface area contributed by atoms with Crippen LogP contribution in [0.25, 0.3) is 0 Å². The van der Waals surface area contributed by atoms with Crippen LogP contribution in [0.2, 0.25) is 5.02 Å². The van der Waals surface area contributed by atoms with E-state index in [1.54, 1.807) is 18.7 Å². The Morgan fingerprint density at radius 2 is 2.00 bits per heavy atom. The molecule has 2 unspecified atom stereocenters. The lowest BCUT2D eigenvalue weighted by atomic mass is 9.86. The molecular weight excluding hydrogens is 484 g/mol. The van der Waals surface area contributed by atoms with Crippen molar-refractivity contribution in [3.05, 3.63) is 76.7 Å². The standard InChI is InChI=1S/C21H24ClNO.C5H9N3O2S/c1-24-19-7-6-16-12-17(14-23-8-3-9-23)20(21(16)13-19)11-15-4-2-5-18(22)10-15;1-6-11(9,10)5-3-8(2)4-7-5/h2,4-7,10,13,17,20H,3,8-9,11-12,14H2,1H3;3-4,6H,1-2H3. The molecule has 1 aliphatic carbocycles. The molecule has 0 amide bonds. The van der Waals surface area contributed by atoms with E-state index in [1.165, 1.54) is 68.7 Å². The molecule has 0 bridgehead atoms. The number of benzene rings is 2. The minimum absolute atomic E-state index is 0.0440. The largest absolute Gasteiger partial charge is 0.497 e. The molecule has 9 heteroatoms. The highest BCUT2D eigenvalue weighted by Gasteiger charge is 2.34. The molecule has 7 nitrogen and oxygen atoms in total. The topological polar surface area (TPSA) is 76.5 Å². The van der Waals surface area contributed by atoms with Crippen molar-refractivity contribution in [3.8, 4) is 5.75 Å². The summed E-state index contributed by atoms with van der Waals surface area (Å²) < 4.78 is 31.3. The summed E-state index contributed by atoms with van der Waals surface area (Å²) in [7, 11) is 1.45. The van der Waals surface area contributed by atoms with Gasteiger partial charge in [-0.05, 0) is 92.2 Å². The molecule has 0 radical (unpaired) electrons. The van der Waals surface area contributed by atoms with Crippen molar-refractivity contribution in [3.63, 3.8) is 0 Å². The number of imidazole rings is 1. The summed E-state index contributed by atoms with van der Waals surface area (Å²) in [4.78, 5) is 6.27. The van der Waals surface area contributed by atoms with Gasteiger partial charge < -0.3 is 14.2 Å². The first-order chi connectivity index (χ1) is 16.8. The normalized spacial score (nSPS) is 19.4. The molecule has 1 fully saturated rings. The third-order valence-corrected chi connectivity index (χ3v) is 8.35. The fourth-order valence-electron chi connectivity index (χ4n) is 4.82. The number of methoxy groups -OCH3 is 1. The summed E-state index contributed by atoms with van der Waals surface area (Å²) in [5.74, 6) is 2.20. The van der Waals surface area contributed by atoms with Gasteiger partial charge in [0.25, 0.3) is 10.0 Å². The van der Waals surface area contributed by atoms with E-state index >= 15 is 0 Å². The smallest absolute Gasteiger partial charge is 0.259 e. The van der Waals surface area contributed by atoms with Crippen molar-refractivity contribution in [1.29, 1.82) is 0 Å². The fraction of sp³-hybridized carbons (Fsp3) is 0.423. The number of aromatic nitrogens is 2. The third kappa shape index (κ3) is 6.25. The van der Waals surface area contributed by atoms with Crippen LogP contribution in [0.3, 0.4) is 0 Å². The number of rotatable bonds is 7. The monoisotopic (exact) mass is 516 g/mol. The Hall–Kier alpha value is -2.39. The Balaban J connectivity index is 0.000000221. The zero-order chi connectivity index (χ0) is 25.0. The van der Waals surface area contributed by atoms with Gasteiger partial charge in [-0.3, -0.25) is 0 Å². The van der Waals surface area contributed by atoms with Crippen molar-refractivity contribution < 1.29 is 13.2 Å². The van der Waals surface area contributed by atoms with Crippen LogP contribution in [0.4, 0.5) is 0 Å². The van der Waals surface area contributed by atoms with Crippen LogP contribution < -0.4 is 9.46 Å². The summed E-state index contributed by atoms with van der Waals surface area (Å²) in [5.41, 5.74) is 4.30. The maximum atomic E-state index is 11.0. The molecular formula is C26H33ClN4O3S. The highest BCUT2D eigenvalue weighted by molar-refractivity contribution is 7.89. The van der Waals surface area contributed by atoms with Crippen LogP contribution in [0.15, 0.2) is 60.0 Å². The SMILES string of the molecule is CNS(=O)(=O)c1cn(C)cn1.COc1ccc2c(c1)C(Cc1cccc(Cl)c1)C(CN1CCC1)C2. The molecule has 3 aromatic rings. The summed E-state index contributed by atoms with van der Waals surface area (Å²) in [6.07, 6.45) is 6.46. The zero-order valence-electron chi connectivity index (χ0n) is 20.4. The van der Waals surface area contributed by atoms with Gasteiger partial charge in [-0.1, -0.05) is 29.8 Å². The van der Waals surface area contributed by atoms with Crippen molar-refractivity contribution in [1.82, 2.24) is 19.2 Å². The number of aryl methyl sites for hydroxylation is 1. The minimum atomic E-state index is -3.36. The predicted molar refractivity (Wildman–Crippen MR) is 139 cm³/mol. The van der Waals surface area contributed by atoms with Crippen molar-refractivity contribution >= 4 is 21.6 Å². The van der Waals surface area contributed by atoms with Crippen molar-refractivity contribution in [2.24, 2.45) is 13.0 Å². The average Bonchev–Trinajstić information content (AvgIpc) is 3.40. The number of halogens is 1. The Morgan fingerprint density at radius 1 is 1.20 bits per heavy atom. The Labute approximate surface area is 213 Å². The number of likely N-dealkylation sites (tertiary alicyclic amines) is 1. The lowest BCUT2D eigenvalue weighted by Crippen LogP contribution is -2.41. The lowest BCUT2D eigenvalue weighted by molar-refractivity contribution is 0.145. The first-order valence-electron chi connectivity index (χ1n) is 11.8. The molecule has 188 valence electrons. The number of nitrogens with zero attached hydrogens (tertiary/aromatic N) is 3. The van der Waals surface area contributed by atoms with Crippen LogP contribution in [0.1, 0.15) is 29.0 Å². The van der Waals surface area contributed by atoms with Crippen LogP contribution in [-0.2, 0) is 29.9 Å². The Bertz CT molecular complexity index is 1260. The molecule has 1 aliphatic heterocycles. The summed E-state index contributed by atoms with van der Waals surface area (Å²) in [6.45, 7) is 3.74. The number of sulfonamides is 1. The first-order valence-corrected chi connectivity index (χ1v) is 13.7. The number of fused-ring (bicyclic) bond motifs is 1. The fourth-order valence-corrected chi connectivity index (χ4v) is 5.74. The van der Waals surface area contributed by atoms with Gasteiger partial charge in [-0.25, -0.2) is 18.1 Å². The molecule has 1 saturated heterocycles. The molecule has 1 aromatic heterocycles. The first kappa shape index (κ1) is 25.7. The van der Waals surface area contributed by atoms with E-state index in [4.69, 9.17) is 16.3 Å².